The molecule has 0 heterocycles. The average molecular weight is 262 g/mol. The summed E-state index contributed by atoms with van der Waals surface area (Å²) in [6.07, 6.45) is 2.75. The van der Waals surface area contributed by atoms with E-state index in [1.165, 1.54) is 24.1 Å². The zero-order chi connectivity index (χ0) is 13.7. The predicted molar refractivity (Wildman–Crippen MR) is 80.6 cm³/mol. The second-order valence-electron chi connectivity index (χ2n) is 5.42. The maximum absolute atomic E-state index is 5.29. The van der Waals surface area contributed by atoms with E-state index in [-0.39, 0.29) is 0 Å². The van der Waals surface area contributed by atoms with Crippen LogP contribution in [-0.2, 0) is 11.3 Å². The van der Waals surface area contributed by atoms with E-state index in [0.29, 0.717) is 6.04 Å². The lowest BCUT2D eigenvalue weighted by Crippen LogP contribution is -2.38. The van der Waals surface area contributed by atoms with Crippen molar-refractivity contribution in [2.75, 3.05) is 32.2 Å². The van der Waals surface area contributed by atoms with E-state index < -0.39 is 0 Å². The van der Waals surface area contributed by atoms with Gasteiger partial charge in [0.1, 0.15) is 0 Å². The minimum atomic E-state index is 0.605. The Morgan fingerprint density at radius 2 is 2.11 bits per heavy atom. The monoisotopic (exact) mass is 262 g/mol. The lowest BCUT2D eigenvalue weighted by Gasteiger charge is -2.33. The fraction of sp³-hybridized carbons (Fsp3) is 0.625. The van der Waals surface area contributed by atoms with Gasteiger partial charge >= 0.3 is 0 Å². The molecule has 1 atom stereocenters. The fourth-order valence-corrected chi connectivity index (χ4v) is 2.70. The Labute approximate surface area is 116 Å². The number of nitrogens with one attached hydrogen (secondary N) is 1. The van der Waals surface area contributed by atoms with E-state index in [2.05, 4.69) is 41.4 Å². The highest BCUT2D eigenvalue weighted by molar-refractivity contribution is 5.54. The molecule has 19 heavy (non-hydrogen) atoms. The number of benzene rings is 1. The summed E-state index contributed by atoms with van der Waals surface area (Å²) in [7, 11) is 3.78. The minimum absolute atomic E-state index is 0.605. The van der Waals surface area contributed by atoms with Crippen LogP contribution in [0.4, 0.5) is 5.69 Å². The average Bonchev–Trinajstić information content (AvgIpc) is 3.25. The summed E-state index contributed by atoms with van der Waals surface area (Å²) in [5.41, 5.74) is 2.72. The van der Waals surface area contributed by atoms with Gasteiger partial charge in [0.2, 0.25) is 0 Å². The van der Waals surface area contributed by atoms with Crippen LogP contribution in [-0.4, -0.2) is 33.4 Å². The van der Waals surface area contributed by atoms with Gasteiger partial charge < -0.3 is 15.0 Å². The topological polar surface area (TPSA) is 24.5 Å². The molecule has 1 unspecified atom stereocenters. The van der Waals surface area contributed by atoms with Gasteiger partial charge in [-0.25, -0.2) is 0 Å². The van der Waals surface area contributed by atoms with Gasteiger partial charge in [-0.1, -0.05) is 18.2 Å². The van der Waals surface area contributed by atoms with Crippen LogP contribution in [0, 0.1) is 5.92 Å². The van der Waals surface area contributed by atoms with Gasteiger partial charge in [0, 0.05) is 31.9 Å². The summed E-state index contributed by atoms with van der Waals surface area (Å²) < 4.78 is 5.29. The van der Waals surface area contributed by atoms with E-state index in [1.54, 1.807) is 7.11 Å². The molecule has 1 saturated carbocycles. The van der Waals surface area contributed by atoms with E-state index >= 15 is 0 Å². The van der Waals surface area contributed by atoms with Crippen LogP contribution in [0.3, 0.4) is 0 Å². The molecule has 0 amide bonds. The minimum Gasteiger partial charge on any atom is -0.383 e. The number of ether oxygens (including phenoxy) is 1. The number of hydrogen-bond acceptors (Lipinski definition) is 3. The zero-order valence-electron chi connectivity index (χ0n) is 12.4. The highest BCUT2D eigenvalue weighted by Crippen LogP contribution is 2.37. The maximum atomic E-state index is 5.29. The Balaban J connectivity index is 2.20. The van der Waals surface area contributed by atoms with Crippen molar-refractivity contribution in [3.05, 3.63) is 29.8 Å². The van der Waals surface area contributed by atoms with Crippen LogP contribution in [0.15, 0.2) is 24.3 Å². The zero-order valence-corrected chi connectivity index (χ0v) is 12.4. The van der Waals surface area contributed by atoms with Gasteiger partial charge in [-0.05, 0) is 44.4 Å². The molecule has 3 heteroatoms. The first-order chi connectivity index (χ1) is 9.27. The predicted octanol–water partition coefficient (Wildman–Crippen LogP) is 2.66. The quantitative estimate of drug-likeness (QED) is 0.779. The van der Waals surface area contributed by atoms with E-state index in [4.69, 9.17) is 4.74 Å². The van der Waals surface area contributed by atoms with Crippen molar-refractivity contribution in [1.82, 2.24) is 5.32 Å². The number of methoxy groups -OCH3 is 1. The van der Waals surface area contributed by atoms with E-state index in [1.807, 2.05) is 7.05 Å². The van der Waals surface area contributed by atoms with Crippen LogP contribution < -0.4 is 10.2 Å². The molecule has 1 N–H and O–H groups in total. The molecule has 0 saturated heterocycles. The second kappa shape index (κ2) is 6.92. The number of hydrogen-bond donors (Lipinski definition) is 1. The lowest BCUT2D eigenvalue weighted by molar-refractivity contribution is 0.202. The third kappa shape index (κ3) is 3.71. The van der Waals surface area contributed by atoms with Crippen molar-refractivity contribution >= 4 is 5.69 Å². The third-order valence-electron chi connectivity index (χ3n) is 4.00. The highest BCUT2D eigenvalue weighted by atomic mass is 16.5. The molecule has 1 aromatic carbocycles. The summed E-state index contributed by atoms with van der Waals surface area (Å²) in [5.74, 6) is 0.861. The molecule has 0 aliphatic heterocycles. The van der Waals surface area contributed by atoms with Crippen molar-refractivity contribution in [2.24, 2.45) is 5.92 Å². The lowest BCUT2D eigenvalue weighted by atomic mass is 10.1. The molecule has 1 aliphatic rings. The Kier molecular flexibility index (Phi) is 5.23. The molecule has 2 rings (SSSR count). The van der Waals surface area contributed by atoms with Gasteiger partial charge in [0.15, 0.2) is 0 Å². The standard InChI is InChI=1S/C16H26N2O/c1-13(14-8-9-14)18(10-11-19-3)16-7-5-4-6-15(16)12-17-2/h4-7,13-14,17H,8-12H2,1-3H3. The van der Waals surface area contributed by atoms with Crippen LogP contribution in [0.5, 0.6) is 0 Å². The summed E-state index contributed by atoms with van der Waals surface area (Å²) in [6, 6.07) is 9.31. The van der Waals surface area contributed by atoms with E-state index in [0.717, 1.165) is 25.6 Å². The molecular weight excluding hydrogens is 236 g/mol. The highest BCUT2D eigenvalue weighted by Gasteiger charge is 2.32. The van der Waals surface area contributed by atoms with Gasteiger partial charge in [0.05, 0.1) is 6.61 Å². The number of para-hydroxylation sites is 1. The Morgan fingerprint density at radius 1 is 1.37 bits per heavy atom. The first-order valence-electron chi connectivity index (χ1n) is 7.26. The van der Waals surface area contributed by atoms with Gasteiger partial charge in [0.25, 0.3) is 0 Å². The second-order valence-corrected chi connectivity index (χ2v) is 5.42. The molecule has 1 aromatic rings. The molecular formula is C16H26N2O. The van der Waals surface area contributed by atoms with Gasteiger partial charge in [-0.3, -0.25) is 0 Å². The smallest absolute Gasteiger partial charge is 0.0637 e. The Bertz CT molecular complexity index is 390. The fourth-order valence-electron chi connectivity index (χ4n) is 2.70. The first kappa shape index (κ1) is 14.4. The summed E-state index contributed by atoms with van der Waals surface area (Å²) in [4.78, 5) is 2.52. The molecule has 3 nitrogen and oxygen atoms in total. The number of rotatable bonds is 8. The summed E-state index contributed by atoms with van der Waals surface area (Å²) in [6.45, 7) is 5.01. The van der Waals surface area contributed by atoms with Crippen molar-refractivity contribution in [1.29, 1.82) is 0 Å². The Hall–Kier alpha value is -1.06. The van der Waals surface area contributed by atoms with Crippen LogP contribution in [0.2, 0.25) is 0 Å². The van der Waals surface area contributed by atoms with Crippen LogP contribution in [0.25, 0.3) is 0 Å². The van der Waals surface area contributed by atoms with E-state index in [9.17, 15) is 0 Å². The molecule has 0 spiro atoms. The largest absolute Gasteiger partial charge is 0.383 e. The summed E-state index contributed by atoms with van der Waals surface area (Å²) in [5, 5.41) is 3.26. The van der Waals surface area contributed by atoms with Crippen molar-refractivity contribution in [2.45, 2.75) is 32.4 Å². The molecule has 106 valence electrons. The Morgan fingerprint density at radius 3 is 2.74 bits per heavy atom. The maximum Gasteiger partial charge on any atom is 0.0637 e. The van der Waals surface area contributed by atoms with Gasteiger partial charge in [-0.15, -0.1) is 0 Å². The van der Waals surface area contributed by atoms with Gasteiger partial charge in [-0.2, -0.15) is 0 Å². The molecule has 0 aromatic heterocycles. The first-order valence-corrected chi connectivity index (χ1v) is 7.26. The molecule has 0 radical (unpaired) electrons. The SMILES string of the molecule is CNCc1ccccc1N(CCOC)C(C)C1CC1. The van der Waals surface area contributed by atoms with Crippen molar-refractivity contribution in [3.8, 4) is 0 Å². The van der Waals surface area contributed by atoms with Crippen molar-refractivity contribution in [3.63, 3.8) is 0 Å². The molecule has 1 fully saturated rings. The van der Waals surface area contributed by atoms with Crippen LogP contribution >= 0.6 is 0 Å². The number of nitrogens with zero attached hydrogens (tertiary/aromatic N) is 1. The molecule has 0 bridgehead atoms. The summed E-state index contributed by atoms with van der Waals surface area (Å²) >= 11 is 0. The third-order valence-corrected chi connectivity index (χ3v) is 4.00. The normalized spacial score (nSPS) is 16.4. The number of anilines is 1. The van der Waals surface area contributed by atoms with Crippen molar-refractivity contribution < 1.29 is 4.74 Å². The molecule has 1 aliphatic carbocycles. The van der Waals surface area contributed by atoms with Crippen LogP contribution in [0.1, 0.15) is 25.3 Å².